The fraction of sp³-hybridized carbons (Fsp3) is 0.120. The number of nitrogens with zero attached hydrogens (tertiary/aromatic N) is 2. The third kappa shape index (κ3) is 3.43. The highest BCUT2D eigenvalue weighted by atomic mass is 16.5. The highest BCUT2D eigenvalue weighted by molar-refractivity contribution is 6.06. The number of methoxy groups -OCH3 is 2. The molecule has 5 aromatic rings. The largest absolute Gasteiger partial charge is 0.495 e. The highest BCUT2D eigenvalue weighted by Gasteiger charge is 2.17. The zero-order valence-electron chi connectivity index (χ0n) is 17.9. The van der Waals surface area contributed by atoms with Crippen LogP contribution in [-0.2, 0) is 0 Å². The van der Waals surface area contributed by atoms with Crippen molar-refractivity contribution in [3.05, 3.63) is 78.3 Å². The molecular formula is C25H21N3O4. The maximum atomic E-state index is 13.0. The number of pyridine rings is 1. The van der Waals surface area contributed by atoms with Crippen molar-refractivity contribution in [2.75, 3.05) is 19.5 Å². The van der Waals surface area contributed by atoms with E-state index in [4.69, 9.17) is 18.9 Å². The molecular weight excluding hydrogens is 406 g/mol. The number of hydrogen-bond acceptors (Lipinski definition) is 5. The van der Waals surface area contributed by atoms with E-state index in [1.165, 1.54) is 0 Å². The highest BCUT2D eigenvalue weighted by Crippen LogP contribution is 2.32. The first-order chi connectivity index (χ1) is 15.6. The third-order valence-corrected chi connectivity index (χ3v) is 5.31. The molecule has 1 amide bonds. The number of para-hydroxylation sites is 1. The van der Waals surface area contributed by atoms with Gasteiger partial charge < -0.3 is 23.6 Å². The monoisotopic (exact) mass is 427 g/mol. The van der Waals surface area contributed by atoms with Crippen LogP contribution in [0.25, 0.3) is 27.9 Å². The number of anilines is 1. The van der Waals surface area contributed by atoms with Crippen LogP contribution in [-0.4, -0.2) is 29.5 Å². The van der Waals surface area contributed by atoms with Crippen molar-refractivity contribution in [2.45, 2.75) is 6.92 Å². The lowest BCUT2D eigenvalue weighted by atomic mass is 10.1. The Balaban J connectivity index is 1.49. The van der Waals surface area contributed by atoms with E-state index in [0.29, 0.717) is 22.8 Å². The lowest BCUT2D eigenvalue weighted by molar-refractivity contribution is 0.0998. The molecule has 5 rings (SSSR count). The summed E-state index contributed by atoms with van der Waals surface area (Å²) in [6.45, 7) is 2.03. The Morgan fingerprint density at radius 1 is 1.03 bits per heavy atom. The molecule has 0 aliphatic carbocycles. The summed E-state index contributed by atoms with van der Waals surface area (Å²) in [6, 6.07) is 16.8. The van der Waals surface area contributed by atoms with Crippen molar-refractivity contribution in [2.24, 2.45) is 0 Å². The third-order valence-electron chi connectivity index (χ3n) is 5.31. The average molecular weight is 427 g/mol. The molecule has 3 heterocycles. The number of imidazole rings is 1. The number of fused-ring (bicyclic) bond motifs is 2. The first-order valence-corrected chi connectivity index (χ1v) is 10.1. The van der Waals surface area contributed by atoms with Gasteiger partial charge in [0.1, 0.15) is 11.4 Å². The molecule has 3 aromatic heterocycles. The van der Waals surface area contributed by atoms with Gasteiger partial charge in [-0.25, -0.2) is 4.98 Å². The number of aromatic nitrogens is 2. The Bertz CT molecular complexity index is 1470. The van der Waals surface area contributed by atoms with Crippen LogP contribution in [0.2, 0.25) is 0 Å². The summed E-state index contributed by atoms with van der Waals surface area (Å²) in [5, 5.41) is 3.68. The fourth-order valence-electron chi connectivity index (χ4n) is 3.68. The predicted octanol–water partition coefficient (Wildman–Crippen LogP) is 5.33. The Morgan fingerprint density at radius 3 is 2.69 bits per heavy atom. The van der Waals surface area contributed by atoms with Crippen LogP contribution in [0.1, 0.15) is 16.1 Å². The van der Waals surface area contributed by atoms with Crippen LogP contribution < -0.4 is 14.8 Å². The second-order valence-corrected chi connectivity index (χ2v) is 7.45. The first-order valence-electron chi connectivity index (χ1n) is 10.1. The minimum absolute atomic E-state index is 0.181. The molecule has 0 unspecified atom stereocenters. The van der Waals surface area contributed by atoms with Gasteiger partial charge in [0.15, 0.2) is 17.1 Å². The van der Waals surface area contributed by atoms with E-state index in [0.717, 1.165) is 27.9 Å². The van der Waals surface area contributed by atoms with Gasteiger partial charge in [0.05, 0.1) is 25.6 Å². The molecule has 7 nitrogen and oxygen atoms in total. The minimum Gasteiger partial charge on any atom is -0.495 e. The van der Waals surface area contributed by atoms with Crippen molar-refractivity contribution in [1.29, 1.82) is 0 Å². The maximum Gasteiger partial charge on any atom is 0.291 e. The number of aryl methyl sites for hydroxylation is 1. The number of carbonyl (C=O) groups is 1. The van der Waals surface area contributed by atoms with Crippen LogP contribution in [0.3, 0.4) is 0 Å². The smallest absolute Gasteiger partial charge is 0.291 e. The van der Waals surface area contributed by atoms with Crippen LogP contribution in [0, 0.1) is 6.92 Å². The lowest BCUT2D eigenvalue weighted by Gasteiger charge is -2.10. The number of nitrogens with one attached hydrogen (secondary N) is 1. The summed E-state index contributed by atoms with van der Waals surface area (Å²) in [7, 11) is 3.12. The van der Waals surface area contributed by atoms with E-state index in [1.807, 2.05) is 66.2 Å². The molecule has 0 spiro atoms. The van der Waals surface area contributed by atoms with E-state index in [1.54, 1.807) is 26.4 Å². The Hall–Kier alpha value is -4.26. The Labute approximate surface area is 184 Å². The van der Waals surface area contributed by atoms with Crippen molar-refractivity contribution >= 4 is 28.2 Å². The van der Waals surface area contributed by atoms with Gasteiger partial charge in [-0.1, -0.05) is 12.1 Å². The van der Waals surface area contributed by atoms with E-state index < -0.39 is 0 Å². The van der Waals surface area contributed by atoms with E-state index in [2.05, 4.69) is 5.32 Å². The number of rotatable bonds is 5. The zero-order chi connectivity index (χ0) is 22.2. The van der Waals surface area contributed by atoms with Crippen molar-refractivity contribution in [3.63, 3.8) is 0 Å². The SMILES string of the molecule is COc1ccc(-c2cn3ccc(C)cc3n2)cc1NC(=O)c1cc2cccc(OC)c2o1. The number of carbonyl (C=O) groups excluding carboxylic acids is 1. The van der Waals surface area contributed by atoms with Crippen molar-refractivity contribution in [3.8, 4) is 22.8 Å². The summed E-state index contributed by atoms with van der Waals surface area (Å²) in [5.74, 6) is 0.906. The molecule has 1 N–H and O–H groups in total. The average Bonchev–Trinajstić information content (AvgIpc) is 3.43. The molecule has 0 fully saturated rings. The second kappa shape index (κ2) is 7.77. The van der Waals surface area contributed by atoms with Gasteiger partial charge >= 0.3 is 0 Å². The zero-order valence-corrected chi connectivity index (χ0v) is 17.9. The molecule has 0 atom stereocenters. The molecule has 0 saturated heterocycles. The molecule has 160 valence electrons. The Morgan fingerprint density at radius 2 is 1.88 bits per heavy atom. The molecule has 7 heteroatoms. The summed E-state index contributed by atoms with van der Waals surface area (Å²) >= 11 is 0. The first kappa shape index (κ1) is 19.7. The normalized spacial score (nSPS) is 11.1. The van der Waals surface area contributed by atoms with Crippen LogP contribution in [0.5, 0.6) is 11.5 Å². The van der Waals surface area contributed by atoms with E-state index in [-0.39, 0.29) is 11.7 Å². The molecule has 0 saturated carbocycles. The van der Waals surface area contributed by atoms with Crippen LogP contribution in [0.4, 0.5) is 5.69 Å². The van der Waals surface area contributed by atoms with Crippen LogP contribution >= 0.6 is 0 Å². The number of amides is 1. The fourth-order valence-corrected chi connectivity index (χ4v) is 3.68. The topological polar surface area (TPSA) is 78.0 Å². The lowest BCUT2D eigenvalue weighted by Crippen LogP contribution is -2.11. The van der Waals surface area contributed by atoms with E-state index in [9.17, 15) is 4.79 Å². The summed E-state index contributed by atoms with van der Waals surface area (Å²) in [4.78, 5) is 17.7. The second-order valence-electron chi connectivity index (χ2n) is 7.45. The minimum atomic E-state index is -0.385. The van der Waals surface area contributed by atoms with Crippen molar-refractivity contribution in [1.82, 2.24) is 9.38 Å². The Kier molecular flexibility index (Phi) is 4.78. The molecule has 32 heavy (non-hydrogen) atoms. The number of hydrogen-bond donors (Lipinski definition) is 1. The summed E-state index contributed by atoms with van der Waals surface area (Å²) < 4.78 is 18.5. The van der Waals surface area contributed by atoms with Gasteiger partial charge in [0, 0.05) is 23.3 Å². The van der Waals surface area contributed by atoms with Crippen LogP contribution in [0.15, 0.2) is 71.4 Å². The van der Waals surface area contributed by atoms with Gasteiger partial charge in [-0.15, -0.1) is 0 Å². The molecule has 0 radical (unpaired) electrons. The molecule has 0 aliphatic heterocycles. The van der Waals surface area contributed by atoms with Crippen molar-refractivity contribution < 1.29 is 18.7 Å². The molecule has 0 bridgehead atoms. The summed E-state index contributed by atoms with van der Waals surface area (Å²) in [6.07, 6.45) is 3.93. The van der Waals surface area contributed by atoms with Gasteiger partial charge in [-0.2, -0.15) is 0 Å². The number of furan rings is 1. The van der Waals surface area contributed by atoms with Gasteiger partial charge in [0.25, 0.3) is 5.91 Å². The van der Waals surface area contributed by atoms with E-state index >= 15 is 0 Å². The quantitative estimate of drug-likeness (QED) is 0.410. The number of benzene rings is 2. The maximum absolute atomic E-state index is 13.0. The van der Waals surface area contributed by atoms with Gasteiger partial charge in [0.2, 0.25) is 0 Å². The van der Waals surface area contributed by atoms with Gasteiger partial charge in [-0.05, 0) is 55.0 Å². The van der Waals surface area contributed by atoms with Gasteiger partial charge in [-0.3, -0.25) is 4.79 Å². The molecule has 2 aromatic carbocycles. The number of ether oxygens (including phenoxy) is 2. The summed E-state index contributed by atoms with van der Waals surface area (Å²) in [5.41, 5.74) is 4.70. The standard InChI is InChI=1S/C25H21N3O4/c1-15-9-10-28-14-19(26-23(28)11-15)16-7-8-20(30-2)18(12-16)27-25(29)22-13-17-5-4-6-21(31-3)24(17)32-22/h4-14H,1-3H3,(H,27,29). The molecule has 0 aliphatic rings. The predicted molar refractivity (Wildman–Crippen MR) is 123 cm³/mol.